The van der Waals surface area contributed by atoms with Crippen LogP contribution in [-0.2, 0) is 6.42 Å². The van der Waals surface area contributed by atoms with Gasteiger partial charge in [0.1, 0.15) is 11.6 Å². The summed E-state index contributed by atoms with van der Waals surface area (Å²) in [5.41, 5.74) is 5.63. The zero-order chi connectivity index (χ0) is 19.3. The number of imidazole rings is 2. The molecule has 0 unspecified atom stereocenters. The number of fused-ring (bicyclic) bond motifs is 2. The maximum Gasteiger partial charge on any atom is 0.109 e. The first-order valence-corrected chi connectivity index (χ1v) is 10.5. The number of benzene rings is 2. The third-order valence-electron chi connectivity index (χ3n) is 5.13. The van der Waals surface area contributed by atoms with Gasteiger partial charge < -0.3 is 9.97 Å². The topological polar surface area (TPSA) is 57.4 Å². The molecule has 3 aromatic heterocycles. The Morgan fingerprint density at radius 1 is 1.00 bits per heavy atom. The van der Waals surface area contributed by atoms with Crippen molar-refractivity contribution >= 4 is 32.5 Å². The van der Waals surface area contributed by atoms with Crippen LogP contribution in [0.15, 0.2) is 48.7 Å². The summed E-state index contributed by atoms with van der Waals surface area (Å²) in [7, 11) is 0. The lowest BCUT2D eigenvalue weighted by molar-refractivity contribution is 0.795. The highest BCUT2D eigenvalue weighted by atomic mass is 32.1. The van der Waals surface area contributed by atoms with Crippen molar-refractivity contribution in [2.45, 2.75) is 33.1 Å². The summed E-state index contributed by atoms with van der Waals surface area (Å²) in [5, 5.41) is 1.26. The van der Waals surface area contributed by atoms with E-state index in [0.717, 1.165) is 40.4 Å². The quantitative estimate of drug-likeness (QED) is 0.369. The smallest absolute Gasteiger partial charge is 0.109 e. The molecule has 5 rings (SSSR count). The van der Waals surface area contributed by atoms with E-state index in [1.165, 1.54) is 20.5 Å². The Labute approximate surface area is 167 Å². The lowest BCUT2D eigenvalue weighted by Crippen LogP contribution is -1.89. The number of H-pyrrole nitrogens is 2. The van der Waals surface area contributed by atoms with Crippen LogP contribution in [0.4, 0.5) is 0 Å². The molecule has 5 heteroatoms. The minimum absolute atomic E-state index is 0.403. The van der Waals surface area contributed by atoms with Crippen molar-refractivity contribution in [1.82, 2.24) is 19.9 Å². The minimum atomic E-state index is 0.403. The molecule has 0 aliphatic rings. The van der Waals surface area contributed by atoms with E-state index in [9.17, 15) is 0 Å². The second kappa shape index (κ2) is 6.60. The largest absolute Gasteiger partial charge is 0.342 e. The van der Waals surface area contributed by atoms with E-state index >= 15 is 0 Å². The molecule has 0 saturated carbocycles. The molecule has 2 N–H and O–H groups in total. The van der Waals surface area contributed by atoms with Gasteiger partial charge in [-0.3, -0.25) is 0 Å². The SMILES string of the molecule is CCc1nc2cc3sc(-c4ccc(-c5cnc(C(C)C)[nH]5)cc4)cc3cc2[nH]1. The molecule has 3 heterocycles. The number of aromatic nitrogens is 4. The van der Waals surface area contributed by atoms with Gasteiger partial charge in [-0.05, 0) is 34.7 Å². The molecule has 2 aromatic carbocycles. The lowest BCUT2D eigenvalue weighted by atomic mass is 10.1. The predicted molar refractivity (Wildman–Crippen MR) is 118 cm³/mol. The average molecular weight is 387 g/mol. The highest BCUT2D eigenvalue weighted by Gasteiger charge is 2.10. The second-order valence-electron chi connectivity index (χ2n) is 7.47. The maximum absolute atomic E-state index is 4.66. The molecule has 0 bridgehead atoms. The van der Waals surface area contributed by atoms with Gasteiger partial charge in [0, 0.05) is 21.9 Å². The third kappa shape index (κ3) is 2.92. The van der Waals surface area contributed by atoms with Gasteiger partial charge in [0.15, 0.2) is 0 Å². The molecule has 0 radical (unpaired) electrons. The molecule has 0 amide bonds. The molecule has 5 aromatic rings. The van der Waals surface area contributed by atoms with Gasteiger partial charge in [0.2, 0.25) is 0 Å². The number of hydrogen-bond acceptors (Lipinski definition) is 3. The number of hydrogen-bond donors (Lipinski definition) is 2. The highest BCUT2D eigenvalue weighted by molar-refractivity contribution is 7.22. The Morgan fingerprint density at radius 2 is 1.79 bits per heavy atom. The van der Waals surface area contributed by atoms with Crippen LogP contribution in [0, 0.1) is 0 Å². The molecule has 0 spiro atoms. The van der Waals surface area contributed by atoms with Gasteiger partial charge in [-0.1, -0.05) is 45.0 Å². The fourth-order valence-corrected chi connectivity index (χ4v) is 4.58. The zero-order valence-electron chi connectivity index (χ0n) is 16.2. The molecule has 0 fully saturated rings. The van der Waals surface area contributed by atoms with Gasteiger partial charge in [-0.15, -0.1) is 11.3 Å². The molecular weight excluding hydrogens is 364 g/mol. The van der Waals surface area contributed by atoms with Gasteiger partial charge in [-0.25, -0.2) is 9.97 Å². The molecule has 0 aliphatic heterocycles. The van der Waals surface area contributed by atoms with E-state index in [1.54, 1.807) is 0 Å². The first kappa shape index (κ1) is 17.2. The minimum Gasteiger partial charge on any atom is -0.342 e. The first-order valence-electron chi connectivity index (χ1n) is 9.68. The Morgan fingerprint density at radius 3 is 2.50 bits per heavy atom. The molecule has 140 valence electrons. The van der Waals surface area contributed by atoms with Crippen LogP contribution < -0.4 is 0 Å². The van der Waals surface area contributed by atoms with Crippen molar-refractivity contribution in [2.24, 2.45) is 0 Å². The van der Waals surface area contributed by atoms with E-state index in [4.69, 9.17) is 0 Å². The fraction of sp³-hybridized carbons (Fsp3) is 0.217. The fourth-order valence-electron chi connectivity index (χ4n) is 3.50. The molecular formula is C23H22N4S. The van der Waals surface area contributed by atoms with Crippen LogP contribution in [-0.4, -0.2) is 19.9 Å². The number of rotatable bonds is 4. The van der Waals surface area contributed by atoms with Crippen LogP contribution in [0.25, 0.3) is 42.8 Å². The number of nitrogens with zero attached hydrogens (tertiary/aromatic N) is 2. The number of aromatic amines is 2. The summed E-state index contributed by atoms with van der Waals surface area (Å²) in [4.78, 5) is 17.2. The van der Waals surface area contributed by atoms with Crippen molar-refractivity contribution in [3.8, 4) is 21.7 Å². The van der Waals surface area contributed by atoms with Crippen LogP contribution in [0.3, 0.4) is 0 Å². The van der Waals surface area contributed by atoms with Crippen LogP contribution >= 0.6 is 11.3 Å². The van der Waals surface area contributed by atoms with E-state index in [-0.39, 0.29) is 0 Å². The summed E-state index contributed by atoms with van der Waals surface area (Å²) in [5.74, 6) is 2.47. The normalized spacial score (nSPS) is 11.9. The Balaban J connectivity index is 1.48. The van der Waals surface area contributed by atoms with E-state index in [0.29, 0.717) is 5.92 Å². The summed E-state index contributed by atoms with van der Waals surface area (Å²) in [6.45, 7) is 6.41. The molecule has 28 heavy (non-hydrogen) atoms. The van der Waals surface area contributed by atoms with Crippen molar-refractivity contribution in [1.29, 1.82) is 0 Å². The van der Waals surface area contributed by atoms with Gasteiger partial charge in [0.25, 0.3) is 0 Å². The average Bonchev–Trinajstić information content (AvgIpc) is 3.42. The number of thiophene rings is 1. The van der Waals surface area contributed by atoms with Gasteiger partial charge in [0.05, 0.1) is 22.9 Å². The van der Waals surface area contributed by atoms with Crippen molar-refractivity contribution < 1.29 is 0 Å². The summed E-state index contributed by atoms with van der Waals surface area (Å²) in [6.07, 6.45) is 2.85. The van der Waals surface area contributed by atoms with E-state index < -0.39 is 0 Å². The van der Waals surface area contributed by atoms with E-state index in [1.807, 2.05) is 17.5 Å². The van der Waals surface area contributed by atoms with Crippen LogP contribution in [0.1, 0.15) is 38.3 Å². The Bertz CT molecular complexity index is 1220. The Kier molecular flexibility index (Phi) is 4.05. The van der Waals surface area contributed by atoms with Crippen LogP contribution in [0.2, 0.25) is 0 Å². The second-order valence-corrected chi connectivity index (χ2v) is 8.55. The van der Waals surface area contributed by atoms with Crippen molar-refractivity contribution in [3.63, 3.8) is 0 Å². The van der Waals surface area contributed by atoms with Crippen LogP contribution in [0.5, 0.6) is 0 Å². The molecule has 0 saturated heterocycles. The predicted octanol–water partition coefficient (Wildman–Crippen LogP) is 6.52. The zero-order valence-corrected chi connectivity index (χ0v) is 17.0. The summed E-state index contributed by atoms with van der Waals surface area (Å²) >= 11 is 1.82. The standard InChI is InChI=1S/C23H22N4S/c1-4-22-25-17-9-16-10-20(28-21(16)11-18(17)26-22)15-7-5-14(6-8-15)19-12-24-23(27-19)13(2)3/h5-13H,4H2,1-3H3,(H,24,27)(H,25,26). The van der Waals surface area contributed by atoms with Crippen molar-refractivity contribution in [2.75, 3.05) is 0 Å². The molecule has 0 atom stereocenters. The van der Waals surface area contributed by atoms with Gasteiger partial charge in [-0.2, -0.15) is 0 Å². The molecule has 4 nitrogen and oxygen atoms in total. The maximum atomic E-state index is 4.66. The Hall–Kier alpha value is -2.92. The lowest BCUT2D eigenvalue weighted by Gasteiger charge is -2.02. The first-order chi connectivity index (χ1) is 13.6. The summed E-state index contributed by atoms with van der Waals surface area (Å²) in [6, 6.07) is 15.4. The monoisotopic (exact) mass is 386 g/mol. The van der Waals surface area contributed by atoms with Gasteiger partial charge >= 0.3 is 0 Å². The summed E-state index contributed by atoms with van der Waals surface area (Å²) < 4.78 is 1.27. The number of nitrogens with one attached hydrogen (secondary N) is 2. The molecule has 0 aliphatic carbocycles. The highest BCUT2D eigenvalue weighted by Crippen LogP contribution is 2.36. The third-order valence-corrected chi connectivity index (χ3v) is 6.27. The van der Waals surface area contributed by atoms with Crippen molar-refractivity contribution in [3.05, 3.63) is 60.3 Å². The van der Waals surface area contributed by atoms with E-state index in [2.05, 4.69) is 83.2 Å². The number of aryl methyl sites for hydroxylation is 1.